The van der Waals surface area contributed by atoms with Crippen LogP contribution < -0.4 is 11.1 Å². The lowest BCUT2D eigenvalue weighted by Gasteiger charge is -2.58. The molecule has 1 unspecified atom stereocenters. The van der Waals surface area contributed by atoms with E-state index in [1.807, 2.05) is 0 Å². The maximum Gasteiger partial charge on any atom is 0.321 e. The van der Waals surface area contributed by atoms with E-state index in [0.29, 0.717) is 171 Å². The fourth-order valence-electron chi connectivity index (χ4n) is 12.3. The molecule has 0 radical (unpaired) electrons. The Bertz CT molecular complexity index is 1650. The number of amides is 1. The highest BCUT2D eigenvalue weighted by Gasteiger charge is 2.59. The van der Waals surface area contributed by atoms with E-state index in [9.17, 15) is 14.4 Å². The van der Waals surface area contributed by atoms with Gasteiger partial charge in [0.25, 0.3) is 0 Å². The van der Waals surface area contributed by atoms with Gasteiger partial charge >= 0.3 is 11.9 Å². The molecule has 0 heterocycles. The summed E-state index contributed by atoms with van der Waals surface area (Å²) in [7, 11) is 0. The Morgan fingerprint density at radius 3 is 1.56 bits per heavy atom. The molecular formula is C59H106N2O17S. The Morgan fingerprint density at radius 1 is 0.620 bits per heavy atom. The van der Waals surface area contributed by atoms with E-state index < -0.39 is 12.0 Å². The van der Waals surface area contributed by atoms with Gasteiger partial charge in [0.05, 0.1) is 171 Å². The van der Waals surface area contributed by atoms with Crippen molar-refractivity contribution in [2.45, 2.75) is 124 Å². The van der Waals surface area contributed by atoms with Crippen molar-refractivity contribution in [3.63, 3.8) is 0 Å². The molecule has 1 amide bonds. The third-order valence-corrected chi connectivity index (χ3v) is 17.6. The molecule has 3 fully saturated rings. The monoisotopic (exact) mass is 1150 g/mol. The number of carbonyl (C=O) groups excluding carboxylic acids is 2. The molecule has 3 saturated carbocycles. The van der Waals surface area contributed by atoms with Crippen LogP contribution in [0.4, 0.5) is 0 Å². The molecule has 4 rings (SSSR count). The quantitative estimate of drug-likeness (QED) is 0.0323. The SMILES string of the molecule is CC(C)CCC[C@@H](C)[C@H]1CC[C@H]2[C@@H]3CC=C4CC(OC(=O)CCOCCOCCOCCOCCOCCOCCOCCOCCOCCOCCOCCOCCNC(=O)CSC[C@H](N)C(=O)O)CC[C@]4(C)[C@H]3CC[C@]12C. The lowest BCUT2D eigenvalue weighted by atomic mass is 9.47. The van der Waals surface area contributed by atoms with Crippen molar-refractivity contribution >= 4 is 29.6 Å². The summed E-state index contributed by atoms with van der Waals surface area (Å²) < 4.78 is 72.4. The Hall–Kier alpha value is -2.02. The lowest BCUT2D eigenvalue weighted by Crippen LogP contribution is -2.51. The molecule has 4 aliphatic rings. The third-order valence-electron chi connectivity index (χ3n) is 16.5. The van der Waals surface area contributed by atoms with Crippen molar-refractivity contribution < 1.29 is 81.1 Å². The van der Waals surface area contributed by atoms with E-state index >= 15 is 0 Å². The van der Waals surface area contributed by atoms with E-state index in [2.05, 4.69) is 46.0 Å². The zero-order valence-electron chi connectivity index (χ0n) is 49.2. The minimum absolute atomic E-state index is 0.0227. The van der Waals surface area contributed by atoms with Crippen LogP contribution in [0.3, 0.4) is 0 Å². The van der Waals surface area contributed by atoms with Gasteiger partial charge in [0.2, 0.25) is 5.91 Å². The van der Waals surface area contributed by atoms with Gasteiger partial charge in [-0.2, -0.15) is 0 Å². The largest absolute Gasteiger partial charge is 0.480 e. The fraction of sp³-hybridized carbons (Fsp3) is 0.915. The van der Waals surface area contributed by atoms with Crippen molar-refractivity contribution in [2.24, 2.45) is 52.1 Å². The van der Waals surface area contributed by atoms with Crippen molar-refractivity contribution in [2.75, 3.05) is 177 Å². The molecule has 19 nitrogen and oxygen atoms in total. The normalized spacial score (nSPS) is 24.4. The second-order valence-electron chi connectivity index (χ2n) is 22.6. The zero-order chi connectivity index (χ0) is 56.8. The highest BCUT2D eigenvalue weighted by Crippen LogP contribution is 2.67. The number of carboxylic acid groups (broad SMARTS) is 1. The van der Waals surface area contributed by atoms with E-state index in [0.717, 1.165) is 54.8 Å². The van der Waals surface area contributed by atoms with Gasteiger partial charge in [-0.25, -0.2) is 0 Å². The van der Waals surface area contributed by atoms with Crippen molar-refractivity contribution in [3.05, 3.63) is 11.6 Å². The van der Waals surface area contributed by atoms with Crippen molar-refractivity contribution in [1.82, 2.24) is 5.32 Å². The molecule has 79 heavy (non-hydrogen) atoms. The van der Waals surface area contributed by atoms with Gasteiger partial charge < -0.3 is 77.7 Å². The van der Waals surface area contributed by atoms with Crippen LogP contribution in [0.15, 0.2) is 11.6 Å². The summed E-state index contributed by atoms with van der Waals surface area (Å²) in [6.07, 6.45) is 16.7. The number of ether oxygens (including phenoxy) is 13. The zero-order valence-corrected chi connectivity index (χ0v) is 50.1. The van der Waals surface area contributed by atoms with E-state index in [1.165, 1.54) is 63.1 Å². The third kappa shape index (κ3) is 27.9. The molecule has 460 valence electrons. The molecule has 0 aliphatic heterocycles. The van der Waals surface area contributed by atoms with Crippen molar-refractivity contribution in [1.29, 1.82) is 0 Å². The number of aliphatic carboxylic acids is 1. The summed E-state index contributed by atoms with van der Waals surface area (Å²) in [6.45, 7) is 23.6. The first kappa shape index (κ1) is 69.5. The summed E-state index contributed by atoms with van der Waals surface area (Å²) in [5.74, 6) is 3.84. The highest BCUT2D eigenvalue weighted by molar-refractivity contribution is 8.00. The average molecular weight is 1150 g/mol. The van der Waals surface area contributed by atoms with Gasteiger partial charge in [-0.1, -0.05) is 65.5 Å². The van der Waals surface area contributed by atoms with Crippen LogP contribution in [0.25, 0.3) is 0 Å². The van der Waals surface area contributed by atoms with Crippen LogP contribution in [0.5, 0.6) is 0 Å². The van der Waals surface area contributed by atoms with E-state index in [4.69, 9.17) is 72.4 Å². The minimum Gasteiger partial charge on any atom is -0.480 e. The number of carbonyl (C=O) groups is 3. The minimum atomic E-state index is -1.08. The van der Waals surface area contributed by atoms with E-state index in [-0.39, 0.29) is 41.3 Å². The van der Waals surface area contributed by atoms with Crippen LogP contribution >= 0.6 is 11.8 Å². The first-order valence-corrected chi connectivity index (χ1v) is 31.1. The van der Waals surface area contributed by atoms with Crippen LogP contribution in [-0.4, -0.2) is 212 Å². The number of fused-ring (bicyclic) bond motifs is 5. The van der Waals surface area contributed by atoms with E-state index in [1.54, 1.807) is 5.57 Å². The predicted octanol–water partition coefficient (Wildman–Crippen LogP) is 6.79. The van der Waals surface area contributed by atoms with Gasteiger partial charge in [0.15, 0.2) is 0 Å². The summed E-state index contributed by atoms with van der Waals surface area (Å²) in [4.78, 5) is 35.2. The summed E-state index contributed by atoms with van der Waals surface area (Å²) in [5.41, 5.74) is 7.71. The molecule has 4 aliphatic carbocycles. The molecule has 0 bridgehead atoms. The molecule has 0 aromatic carbocycles. The topological polar surface area (TPSA) is 229 Å². The molecule has 0 saturated heterocycles. The van der Waals surface area contributed by atoms with Crippen LogP contribution in [0, 0.1) is 46.3 Å². The molecule has 4 N–H and O–H groups in total. The molecule has 0 spiro atoms. The second-order valence-corrected chi connectivity index (χ2v) is 23.6. The number of hydrogen-bond acceptors (Lipinski definition) is 18. The summed E-state index contributed by atoms with van der Waals surface area (Å²) >= 11 is 1.17. The molecular weight excluding hydrogens is 1040 g/mol. The van der Waals surface area contributed by atoms with Crippen molar-refractivity contribution in [3.8, 4) is 0 Å². The maximum atomic E-state index is 12.8. The van der Waals surface area contributed by atoms with Gasteiger partial charge in [-0.05, 0) is 91.3 Å². The number of esters is 1. The standard InChI is InChI=1S/C59H106N2O17S/c1-46(2)7-6-8-47(3)51-11-12-52-50-10-9-48-43-49(13-16-58(48,4)53(50)14-17-59(51,52)5)78-56(63)15-19-66-21-23-68-25-27-70-29-31-72-33-35-74-37-39-76-41-42-77-40-38-75-36-34-73-32-30-71-28-26-69-24-22-67-20-18-61-55(62)45-79-44-54(60)57(64)65/h9,46-47,49-54H,6-8,10-45,60H2,1-5H3,(H,61,62)(H,64,65)/t47-,49?,50+,51-,52+,53+,54+,58+,59-/m1/s1. The summed E-state index contributed by atoms with van der Waals surface area (Å²) in [6, 6.07) is -0.976. The first-order valence-electron chi connectivity index (χ1n) is 30.0. The maximum absolute atomic E-state index is 12.8. The van der Waals surface area contributed by atoms with Gasteiger partial charge in [-0.3, -0.25) is 14.4 Å². The van der Waals surface area contributed by atoms with Gasteiger partial charge in [-0.15, -0.1) is 11.8 Å². The number of carboxylic acids is 1. The Kier molecular flexibility index (Phi) is 36.8. The van der Waals surface area contributed by atoms with Crippen LogP contribution in [-0.2, 0) is 76.0 Å². The van der Waals surface area contributed by atoms with Crippen LogP contribution in [0.2, 0.25) is 0 Å². The average Bonchev–Trinajstić information content (AvgIpc) is 4.06. The number of hydrogen-bond donors (Lipinski definition) is 3. The Morgan fingerprint density at radius 2 is 1.09 bits per heavy atom. The number of nitrogens with two attached hydrogens (primary N) is 1. The molecule has 9 atom stereocenters. The van der Waals surface area contributed by atoms with Crippen LogP contribution in [0.1, 0.15) is 112 Å². The number of nitrogens with one attached hydrogen (secondary N) is 1. The van der Waals surface area contributed by atoms with Gasteiger partial charge in [0, 0.05) is 18.7 Å². The molecule has 20 heteroatoms. The lowest BCUT2D eigenvalue weighted by molar-refractivity contribution is -0.153. The Balaban J connectivity index is 0.807. The fourth-order valence-corrected chi connectivity index (χ4v) is 13.1. The number of allylic oxidation sites excluding steroid dienone is 1. The second kappa shape index (κ2) is 41.9. The first-order chi connectivity index (χ1) is 38.3. The summed E-state index contributed by atoms with van der Waals surface area (Å²) in [5, 5.41) is 11.4. The predicted molar refractivity (Wildman–Crippen MR) is 303 cm³/mol. The Labute approximate surface area is 478 Å². The molecule has 0 aromatic heterocycles. The number of thioether (sulfide) groups is 1. The highest BCUT2D eigenvalue weighted by atomic mass is 32.2. The number of rotatable bonds is 50. The molecule has 0 aromatic rings. The smallest absolute Gasteiger partial charge is 0.321 e. The van der Waals surface area contributed by atoms with Gasteiger partial charge in [0.1, 0.15) is 12.1 Å².